The molecule has 1 fully saturated rings. The SMILES string of the molecule is CCOC(=O)C1(C(C)C)CCN(C(=O)Cc2cn3ccccc3n2)C1. The minimum absolute atomic E-state index is 0.00947. The standard InChI is InChI=1S/C19H25N3O3/c1-4-25-18(24)19(14(2)3)8-10-22(13-19)17(23)11-15-12-21-9-6-5-7-16(21)20-15/h5-7,9,12,14H,4,8,10-11,13H2,1-3H3. The summed E-state index contributed by atoms with van der Waals surface area (Å²) < 4.78 is 7.19. The lowest BCUT2D eigenvalue weighted by atomic mass is 9.76. The molecule has 1 atom stereocenters. The molecule has 2 aromatic heterocycles. The summed E-state index contributed by atoms with van der Waals surface area (Å²) in [5, 5.41) is 0. The third-order valence-corrected chi connectivity index (χ3v) is 5.19. The minimum Gasteiger partial charge on any atom is -0.466 e. The molecule has 0 radical (unpaired) electrons. The van der Waals surface area contributed by atoms with Gasteiger partial charge < -0.3 is 14.0 Å². The third-order valence-electron chi connectivity index (χ3n) is 5.19. The van der Waals surface area contributed by atoms with Gasteiger partial charge in [-0.2, -0.15) is 0 Å². The maximum Gasteiger partial charge on any atom is 0.314 e. The van der Waals surface area contributed by atoms with E-state index in [-0.39, 0.29) is 24.2 Å². The van der Waals surface area contributed by atoms with Gasteiger partial charge in [0.15, 0.2) is 0 Å². The number of imidazole rings is 1. The van der Waals surface area contributed by atoms with E-state index in [4.69, 9.17) is 4.74 Å². The van der Waals surface area contributed by atoms with Gasteiger partial charge >= 0.3 is 5.97 Å². The second-order valence-electron chi connectivity index (χ2n) is 6.97. The first-order valence-electron chi connectivity index (χ1n) is 8.84. The predicted octanol–water partition coefficient (Wildman–Crippen LogP) is 2.31. The van der Waals surface area contributed by atoms with Crippen LogP contribution >= 0.6 is 0 Å². The molecule has 0 saturated carbocycles. The van der Waals surface area contributed by atoms with Crippen molar-refractivity contribution in [3.8, 4) is 0 Å². The first kappa shape index (κ1) is 17.5. The van der Waals surface area contributed by atoms with Crippen molar-refractivity contribution in [2.75, 3.05) is 19.7 Å². The number of fused-ring (bicyclic) bond motifs is 1. The molecule has 0 aliphatic carbocycles. The first-order valence-corrected chi connectivity index (χ1v) is 8.84. The quantitative estimate of drug-likeness (QED) is 0.782. The van der Waals surface area contributed by atoms with Gasteiger partial charge in [0.1, 0.15) is 5.65 Å². The molecule has 6 nitrogen and oxygen atoms in total. The van der Waals surface area contributed by atoms with Crippen LogP contribution in [0.2, 0.25) is 0 Å². The molecule has 6 heteroatoms. The maximum atomic E-state index is 12.7. The molecule has 2 aromatic rings. The van der Waals surface area contributed by atoms with Crippen molar-refractivity contribution in [3.63, 3.8) is 0 Å². The topological polar surface area (TPSA) is 63.9 Å². The lowest BCUT2D eigenvalue weighted by molar-refractivity contribution is -0.157. The number of ether oxygens (including phenoxy) is 1. The average molecular weight is 343 g/mol. The summed E-state index contributed by atoms with van der Waals surface area (Å²) in [7, 11) is 0. The van der Waals surface area contributed by atoms with Crippen LogP contribution in [-0.4, -0.2) is 45.9 Å². The molecule has 25 heavy (non-hydrogen) atoms. The second-order valence-corrected chi connectivity index (χ2v) is 6.97. The molecule has 1 aliphatic heterocycles. The lowest BCUT2D eigenvalue weighted by Gasteiger charge is -2.30. The summed E-state index contributed by atoms with van der Waals surface area (Å²) in [4.78, 5) is 31.4. The zero-order chi connectivity index (χ0) is 18.0. The number of hydrogen-bond donors (Lipinski definition) is 0. The second kappa shape index (κ2) is 6.86. The Bertz CT molecular complexity index is 750. The highest BCUT2D eigenvalue weighted by Crippen LogP contribution is 2.39. The van der Waals surface area contributed by atoms with Gasteiger partial charge in [0.2, 0.25) is 5.91 Å². The van der Waals surface area contributed by atoms with E-state index in [9.17, 15) is 9.59 Å². The highest BCUT2D eigenvalue weighted by Gasteiger charge is 2.49. The van der Waals surface area contributed by atoms with Gasteiger partial charge in [-0.05, 0) is 31.4 Å². The van der Waals surface area contributed by atoms with Gasteiger partial charge in [-0.25, -0.2) is 4.98 Å². The molecule has 1 aliphatic rings. The fourth-order valence-corrected chi connectivity index (χ4v) is 3.53. The van der Waals surface area contributed by atoms with E-state index in [1.165, 1.54) is 0 Å². The molecule has 0 aromatic carbocycles. The van der Waals surface area contributed by atoms with E-state index in [0.29, 0.717) is 26.1 Å². The number of carbonyl (C=O) groups excluding carboxylic acids is 2. The molecule has 1 unspecified atom stereocenters. The Balaban J connectivity index is 1.71. The number of amides is 1. The maximum absolute atomic E-state index is 12.7. The van der Waals surface area contributed by atoms with Crippen molar-refractivity contribution in [2.24, 2.45) is 11.3 Å². The molecular weight excluding hydrogens is 318 g/mol. The molecule has 0 spiro atoms. The van der Waals surface area contributed by atoms with Crippen LogP contribution in [0.15, 0.2) is 30.6 Å². The Hall–Kier alpha value is -2.37. The molecule has 3 rings (SSSR count). The Kier molecular flexibility index (Phi) is 4.79. The molecule has 0 N–H and O–H groups in total. The average Bonchev–Trinajstić information content (AvgIpc) is 3.19. The number of nitrogens with zero attached hydrogens (tertiary/aromatic N) is 3. The fourth-order valence-electron chi connectivity index (χ4n) is 3.53. The number of esters is 1. The van der Waals surface area contributed by atoms with Crippen molar-refractivity contribution in [3.05, 3.63) is 36.3 Å². The Labute approximate surface area is 147 Å². The van der Waals surface area contributed by atoms with Gasteiger partial charge in [-0.1, -0.05) is 19.9 Å². The van der Waals surface area contributed by atoms with Crippen LogP contribution in [0.5, 0.6) is 0 Å². The zero-order valence-electron chi connectivity index (χ0n) is 15.1. The van der Waals surface area contributed by atoms with Gasteiger partial charge in [0.05, 0.1) is 24.1 Å². The van der Waals surface area contributed by atoms with Crippen LogP contribution in [0.4, 0.5) is 0 Å². The largest absolute Gasteiger partial charge is 0.466 e. The summed E-state index contributed by atoms with van der Waals surface area (Å²) in [5.41, 5.74) is 0.981. The van der Waals surface area contributed by atoms with Gasteiger partial charge in [-0.15, -0.1) is 0 Å². The third kappa shape index (κ3) is 3.25. The van der Waals surface area contributed by atoms with Crippen LogP contribution in [0.3, 0.4) is 0 Å². The lowest BCUT2D eigenvalue weighted by Crippen LogP contribution is -2.42. The normalized spacial score (nSPS) is 20.4. The summed E-state index contributed by atoms with van der Waals surface area (Å²) in [6, 6.07) is 5.76. The van der Waals surface area contributed by atoms with Gasteiger partial charge in [-0.3, -0.25) is 9.59 Å². The molecule has 1 saturated heterocycles. The molecule has 3 heterocycles. The van der Waals surface area contributed by atoms with Crippen LogP contribution in [0, 0.1) is 11.3 Å². The summed E-state index contributed by atoms with van der Waals surface area (Å²) in [5.74, 6) is -0.0530. The van der Waals surface area contributed by atoms with Crippen molar-refractivity contribution in [1.82, 2.24) is 14.3 Å². The van der Waals surface area contributed by atoms with Gasteiger partial charge in [0.25, 0.3) is 0 Å². The Morgan fingerprint density at radius 3 is 2.84 bits per heavy atom. The van der Waals surface area contributed by atoms with E-state index in [2.05, 4.69) is 4.98 Å². The summed E-state index contributed by atoms with van der Waals surface area (Å²) >= 11 is 0. The number of rotatable bonds is 5. The summed E-state index contributed by atoms with van der Waals surface area (Å²) in [6.07, 6.45) is 4.69. The molecular formula is C19H25N3O3. The fraction of sp³-hybridized carbons (Fsp3) is 0.526. The summed E-state index contributed by atoms with van der Waals surface area (Å²) in [6.45, 7) is 7.23. The number of hydrogen-bond acceptors (Lipinski definition) is 4. The van der Waals surface area contributed by atoms with Gasteiger partial charge in [0, 0.05) is 25.5 Å². The van der Waals surface area contributed by atoms with Crippen molar-refractivity contribution in [2.45, 2.75) is 33.6 Å². The Morgan fingerprint density at radius 2 is 2.16 bits per heavy atom. The number of pyridine rings is 1. The smallest absolute Gasteiger partial charge is 0.314 e. The minimum atomic E-state index is -0.593. The molecule has 1 amide bonds. The molecule has 134 valence electrons. The Morgan fingerprint density at radius 1 is 1.36 bits per heavy atom. The van der Waals surface area contributed by atoms with Crippen molar-refractivity contribution >= 4 is 17.5 Å². The van der Waals surface area contributed by atoms with Crippen LogP contribution in [0.25, 0.3) is 5.65 Å². The van der Waals surface area contributed by atoms with Crippen molar-refractivity contribution < 1.29 is 14.3 Å². The predicted molar refractivity (Wildman–Crippen MR) is 94.0 cm³/mol. The first-order chi connectivity index (χ1) is 12.0. The number of carbonyl (C=O) groups is 2. The highest BCUT2D eigenvalue weighted by atomic mass is 16.5. The van der Waals surface area contributed by atoms with Crippen LogP contribution in [0.1, 0.15) is 32.9 Å². The number of aromatic nitrogens is 2. The molecule has 0 bridgehead atoms. The van der Waals surface area contributed by atoms with E-state index in [1.54, 1.807) is 4.90 Å². The highest BCUT2D eigenvalue weighted by molar-refractivity contribution is 5.83. The van der Waals surface area contributed by atoms with E-state index >= 15 is 0 Å². The van der Waals surface area contributed by atoms with E-state index in [0.717, 1.165) is 11.3 Å². The van der Waals surface area contributed by atoms with Crippen LogP contribution in [-0.2, 0) is 20.7 Å². The van der Waals surface area contributed by atoms with Crippen LogP contribution < -0.4 is 0 Å². The monoisotopic (exact) mass is 343 g/mol. The van der Waals surface area contributed by atoms with E-state index in [1.807, 2.05) is 55.8 Å². The number of likely N-dealkylation sites (tertiary alicyclic amines) is 1. The zero-order valence-corrected chi connectivity index (χ0v) is 15.1. The van der Waals surface area contributed by atoms with E-state index < -0.39 is 5.41 Å². The van der Waals surface area contributed by atoms with Crippen molar-refractivity contribution in [1.29, 1.82) is 0 Å².